The van der Waals surface area contributed by atoms with Crippen LogP contribution in [0.5, 0.6) is 0 Å². The van der Waals surface area contributed by atoms with Gasteiger partial charge >= 0.3 is 126 Å². The zero-order chi connectivity index (χ0) is 55.3. The summed E-state index contributed by atoms with van der Waals surface area (Å²) in [6, 6.07) is 0. The van der Waals surface area contributed by atoms with Gasteiger partial charge in [0.05, 0.1) is 13.3 Å². The van der Waals surface area contributed by atoms with E-state index in [9.17, 15) is 65.9 Å². The monoisotopic (exact) mass is 1240 g/mol. The van der Waals surface area contributed by atoms with Gasteiger partial charge in [-0.25, -0.2) is 34.4 Å². The molecule has 448 valence electrons. The van der Waals surface area contributed by atoms with Crippen molar-refractivity contribution in [3.8, 4) is 0 Å². The smallest absolute Gasteiger partial charge is 1.00 e. The van der Waals surface area contributed by atoms with Crippen LogP contribution in [0.25, 0.3) is 0 Å². The molecular formula is C51H96Cl2F8K2N4O7S2-2. The maximum Gasteiger partial charge on any atom is 1.00 e. The van der Waals surface area contributed by atoms with E-state index in [0.29, 0.717) is 0 Å². The number of carbonyl (C=O) groups is 1. The predicted octanol–water partition coefficient (Wildman–Crippen LogP) is 3.24. The Labute approximate surface area is 554 Å². The normalized spacial score (nSPS) is 13.0. The van der Waals surface area contributed by atoms with Gasteiger partial charge in [0, 0.05) is 52.0 Å². The van der Waals surface area contributed by atoms with Gasteiger partial charge in [0.1, 0.15) is 5.78 Å². The molecule has 0 aromatic carbocycles. The first kappa shape index (κ1) is 91.2. The van der Waals surface area contributed by atoms with E-state index in [1.807, 2.05) is 0 Å². The fraction of sp³-hybridized carbons (Fsp3) is 0.902. The van der Waals surface area contributed by atoms with Crippen molar-refractivity contribution >= 4 is 26.0 Å². The fourth-order valence-corrected chi connectivity index (χ4v) is 7.85. The number of hydrogen-bond acceptors (Lipinski definition) is 11. The molecule has 2 rings (SSSR count). The molecule has 2 aliphatic heterocycles. The first-order valence-electron chi connectivity index (χ1n) is 26.7. The zero-order valence-corrected chi connectivity index (χ0v) is 57.1. The van der Waals surface area contributed by atoms with E-state index in [1.54, 1.807) is 0 Å². The average Bonchev–Trinajstić information content (AvgIpc) is 3.92. The largest absolute Gasteiger partial charge is 1.00 e. The van der Waals surface area contributed by atoms with Gasteiger partial charge in [-0.15, -0.1) is 0 Å². The number of rotatable bonds is 38. The summed E-state index contributed by atoms with van der Waals surface area (Å²) in [5.74, 6) is 0.167. The van der Waals surface area contributed by atoms with Crippen LogP contribution in [0, 0.1) is 0 Å². The number of ketones is 1. The number of hydrogen-bond donors (Lipinski definition) is 0. The summed E-state index contributed by atoms with van der Waals surface area (Å²) in [7, 11) is -8.18. The topological polar surface area (TPSA) is 144 Å². The fourth-order valence-electron chi connectivity index (χ4n) is 7.41. The number of unbranched alkanes of at least 4 members (excludes halogenated alkanes) is 30. The Balaban J connectivity index is -0.000000171. The first-order chi connectivity index (χ1) is 33.8. The van der Waals surface area contributed by atoms with E-state index in [4.69, 9.17) is 0 Å². The minimum Gasteiger partial charge on any atom is -1.00 e. The van der Waals surface area contributed by atoms with Crippen molar-refractivity contribution in [1.82, 2.24) is 19.6 Å². The van der Waals surface area contributed by atoms with Crippen LogP contribution in [0.15, 0.2) is 24.8 Å². The van der Waals surface area contributed by atoms with Crippen LogP contribution in [0.1, 0.15) is 233 Å². The Morgan fingerprint density at radius 3 is 0.724 bits per heavy atom. The molecule has 2 aliphatic rings. The average molecular weight is 1240 g/mol. The third-order valence-corrected chi connectivity index (χ3v) is 13.3. The zero-order valence-electron chi connectivity index (χ0n) is 47.7. The second-order valence-electron chi connectivity index (χ2n) is 19.2. The standard InChI is InChI=1S/2C22H44N2.C3H6O.2C2H2F4O3S.2ClH.2K/c2*1-3-4-5-6-7-8-9-10-11-12-13-14-15-16-17-18-19-24-21-20-23(2)22-24;1-3(2)4;2*3-1(4)2(5,6)10(7,8)9;;;;/h2*20-21H,3-19,22H2,1-2H3;1-2H3;2*1H,(H,7,8,9);2*1H;;/q;;;;;;;2*+1/p-4. The Morgan fingerprint density at radius 2 is 0.605 bits per heavy atom. The molecule has 2 heterocycles. The van der Waals surface area contributed by atoms with Crippen LogP contribution in [-0.2, 0) is 25.0 Å². The van der Waals surface area contributed by atoms with Crippen molar-refractivity contribution in [2.45, 2.75) is 257 Å². The van der Waals surface area contributed by atoms with Crippen molar-refractivity contribution in [3.05, 3.63) is 24.8 Å². The van der Waals surface area contributed by atoms with Crippen LogP contribution in [0.2, 0.25) is 0 Å². The Kier molecular flexibility index (Phi) is 69.9. The molecule has 0 fully saturated rings. The molecule has 0 unspecified atom stereocenters. The minimum absolute atomic E-state index is 0. The van der Waals surface area contributed by atoms with Crippen LogP contribution in [0.3, 0.4) is 0 Å². The Hall–Kier alpha value is 1.46. The van der Waals surface area contributed by atoms with E-state index < -0.39 is 43.6 Å². The van der Waals surface area contributed by atoms with E-state index in [-0.39, 0.29) is 133 Å². The van der Waals surface area contributed by atoms with Gasteiger partial charge in [0.2, 0.25) is 0 Å². The molecule has 76 heavy (non-hydrogen) atoms. The maximum absolute atomic E-state index is 11.4. The predicted molar refractivity (Wildman–Crippen MR) is 274 cm³/mol. The third kappa shape index (κ3) is 57.3. The van der Waals surface area contributed by atoms with Gasteiger partial charge in [-0.1, -0.05) is 206 Å². The van der Waals surface area contributed by atoms with Crippen LogP contribution in [0.4, 0.5) is 35.1 Å². The Bertz CT molecular complexity index is 1470. The second-order valence-corrected chi connectivity index (χ2v) is 22.1. The molecule has 11 nitrogen and oxygen atoms in total. The molecule has 0 amide bonds. The van der Waals surface area contributed by atoms with Crippen molar-refractivity contribution in [2.75, 3.05) is 40.5 Å². The summed E-state index contributed by atoms with van der Waals surface area (Å²) in [5, 5.41) is -11.0. The van der Waals surface area contributed by atoms with Crippen LogP contribution in [-0.4, -0.2) is 115 Å². The maximum atomic E-state index is 11.4. The molecule has 0 saturated heterocycles. The summed E-state index contributed by atoms with van der Waals surface area (Å²) in [6.45, 7) is 12.3. The first-order valence-corrected chi connectivity index (χ1v) is 29.5. The quantitative estimate of drug-likeness (QED) is 0.0390. The van der Waals surface area contributed by atoms with Crippen molar-refractivity contribution in [1.29, 1.82) is 0 Å². The summed E-state index contributed by atoms with van der Waals surface area (Å²) in [6.07, 6.45) is 46.2. The van der Waals surface area contributed by atoms with Crippen molar-refractivity contribution < 1.29 is 193 Å². The van der Waals surface area contributed by atoms with E-state index >= 15 is 0 Å². The van der Waals surface area contributed by atoms with Crippen LogP contribution >= 0.6 is 0 Å². The van der Waals surface area contributed by atoms with Gasteiger partial charge in [-0.05, 0) is 26.7 Å². The second kappa shape index (κ2) is 58.2. The summed E-state index contributed by atoms with van der Waals surface area (Å²) < 4.78 is 145. The number of nitrogens with zero attached hydrogens (tertiary/aromatic N) is 4. The molecule has 0 atom stereocenters. The van der Waals surface area contributed by atoms with Crippen molar-refractivity contribution in [3.63, 3.8) is 0 Å². The van der Waals surface area contributed by atoms with Gasteiger partial charge in [0.25, 0.3) is 0 Å². The molecule has 0 saturated carbocycles. The third-order valence-electron chi connectivity index (χ3n) is 11.6. The van der Waals surface area contributed by atoms with Gasteiger partial charge < -0.3 is 58.3 Å². The van der Waals surface area contributed by atoms with Gasteiger partial charge in [0.15, 0.2) is 20.2 Å². The van der Waals surface area contributed by atoms with Crippen molar-refractivity contribution in [2.24, 2.45) is 0 Å². The molecular weight excluding hydrogens is 1150 g/mol. The van der Waals surface area contributed by atoms with E-state index in [1.165, 1.54) is 232 Å². The Morgan fingerprint density at radius 1 is 0.434 bits per heavy atom. The van der Waals surface area contributed by atoms with Gasteiger partial charge in [-0.2, -0.15) is 17.6 Å². The number of Topliss-reactive ketones (excluding diaryl/α,β-unsaturated/α-hetero) is 1. The molecule has 0 N–H and O–H groups in total. The molecule has 0 bridgehead atoms. The number of alkyl halides is 8. The molecule has 0 aromatic rings. The van der Waals surface area contributed by atoms with E-state index in [0.717, 1.165) is 13.3 Å². The SMILES string of the molecule is CC(C)=O.CCCCCCCCCCCCCCCCCCN1C=CN(C)C1.CCCCCCCCCCCCCCCCCCN1C=CN(C)C1.O=S(=O)([O-])C(F)(F)C(F)F.O=S(=O)([O-])C(F)(F)C(F)F.[Cl-].[Cl-].[K+].[K+]. The van der Waals surface area contributed by atoms with Gasteiger partial charge in [-0.3, -0.25) is 0 Å². The molecule has 0 radical (unpaired) electrons. The minimum atomic E-state index is -6.23. The summed E-state index contributed by atoms with van der Waals surface area (Å²) in [4.78, 5) is 18.8. The summed E-state index contributed by atoms with van der Waals surface area (Å²) >= 11 is 0. The number of halogens is 10. The number of carbonyl (C=O) groups excluding carboxylic acids is 1. The molecule has 0 aromatic heterocycles. The van der Waals surface area contributed by atoms with E-state index in [2.05, 4.69) is 72.3 Å². The molecule has 25 heteroatoms. The molecule has 0 aliphatic carbocycles. The summed E-state index contributed by atoms with van der Waals surface area (Å²) in [5.41, 5.74) is 0. The van der Waals surface area contributed by atoms with Crippen LogP contribution < -0.4 is 128 Å². The molecule has 0 spiro atoms.